The third kappa shape index (κ3) is 5.37. The van der Waals surface area contributed by atoms with Gasteiger partial charge in [0.25, 0.3) is 5.91 Å². The van der Waals surface area contributed by atoms with E-state index in [9.17, 15) is 4.79 Å². The molecule has 1 unspecified atom stereocenters. The molecule has 0 saturated heterocycles. The molecule has 0 bridgehead atoms. The highest BCUT2D eigenvalue weighted by Crippen LogP contribution is 2.33. The second-order valence-corrected chi connectivity index (χ2v) is 9.25. The molecule has 1 aliphatic rings. The summed E-state index contributed by atoms with van der Waals surface area (Å²) in [5.74, 6) is 0.0143. The van der Waals surface area contributed by atoms with E-state index >= 15 is 0 Å². The Morgan fingerprint density at radius 2 is 1.74 bits per heavy atom. The van der Waals surface area contributed by atoms with Crippen molar-refractivity contribution in [2.45, 2.75) is 52.5 Å². The van der Waals surface area contributed by atoms with E-state index in [-0.39, 0.29) is 11.9 Å². The van der Waals surface area contributed by atoms with Gasteiger partial charge in [-0.15, -0.1) is 0 Å². The van der Waals surface area contributed by atoms with Gasteiger partial charge in [0, 0.05) is 7.05 Å². The molecule has 3 aromatic rings. The molecule has 1 amide bonds. The minimum atomic E-state index is 0.0143. The molecule has 4 nitrogen and oxygen atoms in total. The largest absolute Gasteiger partial charge is 0.335 e. The predicted molar refractivity (Wildman–Crippen MR) is 145 cm³/mol. The lowest BCUT2D eigenvalue weighted by atomic mass is 9.97. The number of para-hydroxylation sites is 1. The third-order valence-corrected chi connectivity index (χ3v) is 6.67. The van der Waals surface area contributed by atoms with E-state index in [0.29, 0.717) is 5.56 Å². The molecular formula is C31H35N3O. The van der Waals surface area contributed by atoms with Crippen molar-refractivity contribution in [1.82, 2.24) is 14.7 Å². The first-order valence-electron chi connectivity index (χ1n) is 12.5. The second-order valence-electron chi connectivity index (χ2n) is 9.25. The summed E-state index contributed by atoms with van der Waals surface area (Å²) in [6, 6.07) is 20.4. The number of unbranched alkanes of at least 4 members (excludes halogenated alkanes) is 1. The van der Waals surface area contributed by atoms with E-state index in [4.69, 9.17) is 5.10 Å². The number of carbonyl (C=O) groups is 1. The number of amides is 1. The Balaban J connectivity index is 1.82. The van der Waals surface area contributed by atoms with Crippen molar-refractivity contribution in [2.75, 3.05) is 7.05 Å². The van der Waals surface area contributed by atoms with Gasteiger partial charge in [0.15, 0.2) is 0 Å². The zero-order chi connectivity index (χ0) is 24.8. The van der Waals surface area contributed by atoms with E-state index in [1.807, 2.05) is 60.0 Å². The van der Waals surface area contributed by atoms with Crippen LogP contribution in [-0.2, 0) is 0 Å². The average Bonchev–Trinajstić information content (AvgIpc) is 3.07. The number of allylic oxidation sites excluding steroid dienone is 6. The highest BCUT2D eigenvalue weighted by molar-refractivity contribution is 6.00. The molecule has 2 aromatic carbocycles. The van der Waals surface area contributed by atoms with E-state index in [1.54, 1.807) is 0 Å². The topological polar surface area (TPSA) is 38.1 Å². The van der Waals surface area contributed by atoms with Crippen LogP contribution < -0.4 is 0 Å². The second kappa shape index (κ2) is 11.2. The van der Waals surface area contributed by atoms with Crippen molar-refractivity contribution in [2.24, 2.45) is 0 Å². The first-order valence-corrected chi connectivity index (χ1v) is 12.5. The summed E-state index contributed by atoms with van der Waals surface area (Å²) in [5.41, 5.74) is 6.65. The standard InChI is InChI=1S/C31H35N3O/c1-5-6-21-28(25-16-9-7-10-17-25)33(4)31(35)29-24(3)34(27-19-11-8-12-20-27)32-30(29)26-18-14-13-15-23(2)22-26/h7-17,19-20,22,28H,5-6,18,21H2,1-4H3. The fourth-order valence-corrected chi connectivity index (χ4v) is 4.74. The molecule has 4 heteroatoms. The van der Waals surface area contributed by atoms with Crippen LogP contribution in [0.4, 0.5) is 0 Å². The number of hydrogen-bond donors (Lipinski definition) is 0. The van der Waals surface area contributed by atoms with Gasteiger partial charge in [0.1, 0.15) is 5.69 Å². The third-order valence-electron chi connectivity index (χ3n) is 6.67. The molecule has 0 N–H and O–H groups in total. The molecular weight excluding hydrogens is 430 g/mol. The summed E-state index contributed by atoms with van der Waals surface area (Å²) < 4.78 is 1.91. The Kier molecular flexibility index (Phi) is 7.81. The Hall–Kier alpha value is -3.66. The van der Waals surface area contributed by atoms with Gasteiger partial charge < -0.3 is 4.90 Å². The van der Waals surface area contributed by atoms with E-state index in [1.165, 1.54) is 5.56 Å². The van der Waals surface area contributed by atoms with Crippen LogP contribution in [0.1, 0.15) is 72.9 Å². The van der Waals surface area contributed by atoms with Crippen LogP contribution in [0.15, 0.2) is 90.5 Å². The molecule has 1 heterocycles. The van der Waals surface area contributed by atoms with Crippen molar-refractivity contribution < 1.29 is 4.79 Å². The number of benzene rings is 2. The molecule has 1 aliphatic carbocycles. The van der Waals surface area contributed by atoms with Gasteiger partial charge >= 0.3 is 0 Å². The monoisotopic (exact) mass is 465 g/mol. The molecule has 35 heavy (non-hydrogen) atoms. The maximum absolute atomic E-state index is 14.2. The first kappa shape index (κ1) is 24.5. The van der Waals surface area contributed by atoms with Gasteiger partial charge in [0.05, 0.1) is 23.0 Å². The minimum absolute atomic E-state index is 0.0143. The van der Waals surface area contributed by atoms with Crippen LogP contribution in [0.2, 0.25) is 0 Å². The zero-order valence-corrected chi connectivity index (χ0v) is 21.2. The number of hydrogen-bond acceptors (Lipinski definition) is 2. The zero-order valence-electron chi connectivity index (χ0n) is 21.2. The van der Waals surface area contributed by atoms with Gasteiger partial charge in [-0.1, -0.05) is 98.2 Å². The number of rotatable bonds is 8. The van der Waals surface area contributed by atoms with Gasteiger partial charge in [-0.05, 0) is 50.0 Å². The molecule has 4 rings (SSSR count). The lowest BCUT2D eigenvalue weighted by Crippen LogP contribution is -2.32. The predicted octanol–water partition coefficient (Wildman–Crippen LogP) is 7.47. The maximum atomic E-state index is 14.2. The van der Waals surface area contributed by atoms with Crippen molar-refractivity contribution in [3.8, 4) is 5.69 Å². The highest BCUT2D eigenvalue weighted by atomic mass is 16.2. The molecule has 0 fully saturated rings. The fourth-order valence-electron chi connectivity index (χ4n) is 4.74. The minimum Gasteiger partial charge on any atom is -0.335 e. The van der Waals surface area contributed by atoms with Crippen LogP contribution in [0.3, 0.4) is 0 Å². The van der Waals surface area contributed by atoms with Crippen LogP contribution in [0.5, 0.6) is 0 Å². The Morgan fingerprint density at radius 3 is 2.43 bits per heavy atom. The summed E-state index contributed by atoms with van der Waals surface area (Å²) in [6.45, 7) is 6.28. The maximum Gasteiger partial charge on any atom is 0.258 e. The van der Waals surface area contributed by atoms with Crippen LogP contribution in [-0.4, -0.2) is 27.6 Å². The van der Waals surface area contributed by atoms with Crippen LogP contribution in [0.25, 0.3) is 11.3 Å². The summed E-state index contributed by atoms with van der Waals surface area (Å²) >= 11 is 0. The van der Waals surface area contributed by atoms with E-state index in [0.717, 1.165) is 53.9 Å². The SMILES string of the molecule is CCCCC(c1ccccc1)N(C)C(=O)c1c(C2=CC(C)=CC=CC2)nn(-c2ccccc2)c1C. The normalized spacial score (nSPS) is 14.2. The lowest BCUT2D eigenvalue weighted by Gasteiger charge is -2.29. The van der Waals surface area contributed by atoms with Crippen molar-refractivity contribution >= 4 is 11.5 Å². The number of nitrogens with zero attached hydrogens (tertiary/aromatic N) is 3. The molecule has 0 spiro atoms. The molecule has 180 valence electrons. The molecule has 1 atom stereocenters. The van der Waals surface area contributed by atoms with Gasteiger partial charge in [-0.25, -0.2) is 4.68 Å². The molecule has 1 aromatic heterocycles. The molecule has 0 radical (unpaired) electrons. The van der Waals surface area contributed by atoms with Crippen molar-refractivity contribution in [1.29, 1.82) is 0 Å². The fraction of sp³-hybridized carbons (Fsp3) is 0.290. The van der Waals surface area contributed by atoms with Gasteiger partial charge in [0.2, 0.25) is 0 Å². The first-order chi connectivity index (χ1) is 17.0. The quantitative estimate of drug-likeness (QED) is 0.346. The summed E-state index contributed by atoms with van der Waals surface area (Å²) in [4.78, 5) is 16.2. The van der Waals surface area contributed by atoms with Crippen LogP contribution >= 0.6 is 0 Å². The van der Waals surface area contributed by atoms with Gasteiger partial charge in [-0.2, -0.15) is 5.10 Å². The molecule has 0 aliphatic heterocycles. The van der Waals surface area contributed by atoms with E-state index in [2.05, 4.69) is 62.4 Å². The Morgan fingerprint density at radius 1 is 1.06 bits per heavy atom. The summed E-state index contributed by atoms with van der Waals surface area (Å²) in [6.07, 6.45) is 12.3. The average molecular weight is 466 g/mol. The number of carbonyl (C=O) groups excluding carboxylic acids is 1. The summed E-state index contributed by atoms with van der Waals surface area (Å²) in [5, 5.41) is 5.02. The molecule has 0 saturated carbocycles. The van der Waals surface area contributed by atoms with Crippen molar-refractivity contribution in [3.63, 3.8) is 0 Å². The smallest absolute Gasteiger partial charge is 0.258 e. The van der Waals surface area contributed by atoms with Gasteiger partial charge in [-0.3, -0.25) is 4.79 Å². The van der Waals surface area contributed by atoms with E-state index < -0.39 is 0 Å². The highest BCUT2D eigenvalue weighted by Gasteiger charge is 2.30. The Bertz CT molecular complexity index is 1250. The lowest BCUT2D eigenvalue weighted by molar-refractivity contribution is 0.0719. The van der Waals surface area contributed by atoms with Crippen LogP contribution in [0, 0.1) is 6.92 Å². The number of aromatic nitrogens is 2. The summed E-state index contributed by atoms with van der Waals surface area (Å²) in [7, 11) is 1.94. The Labute approximate surface area is 209 Å². The van der Waals surface area contributed by atoms with Crippen molar-refractivity contribution in [3.05, 3.63) is 113 Å².